The number of carbonyl (C=O) groups is 1. The summed E-state index contributed by atoms with van der Waals surface area (Å²) in [4.78, 5) is 25.5. The van der Waals surface area contributed by atoms with Gasteiger partial charge in [-0.2, -0.15) is 0 Å². The molecule has 0 heterocycles. The fourth-order valence-electron chi connectivity index (χ4n) is 9.61. The molecule has 0 aliphatic heterocycles. The topological polar surface area (TPSA) is 128 Å². The molecule has 4 atom stereocenters. The van der Waals surface area contributed by atoms with Crippen molar-refractivity contribution in [3.05, 3.63) is 0 Å². The van der Waals surface area contributed by atoms with Crippen molar-refractivity contribution in [1.82, 2.24) is 5.32 Å². The number of carbonyl (C=O) groups excluding carboxylic acids is 1. The van der Waals surface area contributed by atoms with Gasteiger partial charge >= 0.3 is 0 Å². The molecule has 414 valence electrons. The second-order valence-electron chi connectivity index (χ2n) is 22.6. The van der Waals surface area contributed by atoms with Crippen LogP contribution in [0.25, 0.3) is 0 Å². The molecular weight excluding hydrogens is 880 g/mol. The van der Waals surface area contributed by atoms with Crippen molar-refractivity contribution < 1.29 is 38.0 Å². The third-order valence-electron chi connectivity index (χ3n) is 14.4. The second-order valence-corrected chi connectivity index (χ2v) is 24.0. The summed E-state index contributed by atoms with van der Waals surface area (Å²) in [6, 6.07) is -1.07. The van der Waals surface area contributed by atoms with E-state index in [1.165, 1.54) is 250 Å². The molecule has 0 aliphatic rings. The predicted octanol–water partition coefficient (Wildman–Crippen LogP) is 16.8. The van der Waals surface area contributed by atoms with E-state index in [4.69, 9.17) is 9.05 Å². The highest BCUT2D eigenvalue weighted by Gasteiger charge is 2.29. The lowest BCUT2D eigenvalue weighted by atomic mass is 9.99. The number of phosphoric ester groups is 1. The van der Waals surface area contributed by atoms with Crippen LogP contribution in [0.3, 0.4) is 0 Å². The van der Waals surface area contributed by atoms with E-state index in [0.717, 1.165) is 38.5 Å². The average Bonchev–Trinajstić information content (AvgIpc) is 3.31. The molecule has 0 aromatic carbocycles. The number of hydrogen-bond donors (Lipinski definition) is 3. The van der Waals surface area contributed by atoms with Crippen LogP contribution in [0.4, 0.5) is 0 Å². The van der Waals surface area contributed by atoms with Crippen molar-refractivity contribution in [3.8, 4) is 0 Å². The zero-order valence-corrected chi connectivity index (χ0v) is 47.8. The van der Waals surface area contributed by atoms with Gasteiger partial charge in [-0.25, -0.2) is 0 Å². The summed E-state index contributed by atoms with van der Waals surface area (Å²) < 4.78 is 23.3. The van der Waals surface area contributed by atoms with E-state index in [9.17, 15) is 24.5 Å². The van der Waals surface area contributed by atoms with Gasteiger partial charge in [0.15, 0.2) is 0 Å². The van der Waals surface area contributed by atoms with Gasteiger partial charge in [-0.1, -0.05) is 296 Å². The summed E-state index contributed by atoms with van der Waals surface area (Å²) in [7, 11) is 1.14. The molecule has 0 spiro atoms. The SMILES string of the molecule is CCCCCCCCCCCCCCCCCCCCCCCCCCCCCCCCCCCC(=O)NC(COP(=O)([O-])OCC[N+](C)(C)C)C(O)C(O)CCCCCCCCCCCCCC. The standard InChI is InChI=1S/C59H121N2O7P/c1-6-8-10-12-14-16-18-20-21-22-23-24-25-26-27-28-29-30-31-32-33-34-35-36-37-38-39-40-42-44-46-48-50-52-58(63)60-56(55-68-69(65,66)67-54-53-61(3,4)5)59(64)57(62)51-49-47-45-43-41-19-17-15-13-11-9-7-2/h56-57,59,62,64H,6-55H2,1-5H3,(H-,60,63,65,66). The van der Waals surface area contributed by atoms with Crippen LogP contribution in [-0.4, -0.2) is 79.8 Å². The highest BCUT2D eigenvalue weighted by atomic mass is 31.2. The van der Waals surface area contributed by atoms with E-state index in [-0.39, 0.29) is 18.9 Å². The van der Waals surface area contributed by atoms with Crippen molar-refractivity contribution in [2.24, 2.45) is 0 Å². The van der Waals surface area contributed by atoms with Gasteiger partial charge in [0, 0.05) is 6.42 Å². The molecule has 1 amide bonds. The van der Waals surface area contributed by atoms with Gasteiger partial charge in [0.1, 0.15) is 19.3 Å². The van der Waals surface area contributed by atoms with Crippen molar-refractivity contribution in [1.29, 1.82) is 0 Å². The average molecular weight is 1000 g/mol. The largest absolute Gasteiger partial charge is 0.756 e. The van der Waals surface area contributed by atoms with Crippen LogP contribution in [0.15, 0.2) is 0 Å². The van der Waals surface area contributed by atoms with E-state index in [0.29, 0.717) is 17.4 Å². The van der Waals surface area contributed by atoms with E-state index in [1.54, 1.807) is 0 Å². The molecule has 0 rings (SSSR count). The number of nitrogens with one attached hydrogen (secondary N) is 1. The Bertz CT molecular complexity index is 1110. The minimum Gasteiger partial charge on any atom is -0.756 e. The summed E-state index contributed by atoms with van der Waals surface area (Å²) in [5.41, 5.74) is 0. The lowest BCUT2D eigenvalue weighted by molar-refractivity contribution is -0.870. The third kappa shape index (κ3) is 52.1. The Labute approximate surface area is 430 Å². The Balaban J connectivity index is 3.99. The first-order valence-electron chi connectivity index (χ1n) is 30.5. The highest BCUT2D eigenvalue weighted by molar-refractivity contribution is 7.45. The Morgan fingerprint density at radius 2 is 0.739 bits per heavy atom. The van der Waals surface area contributed by atoms with E-state index >= 15 is 0 Å². The number of rotatable bonds is 57. The zero-order chi connectivity index (χ0) is 50.8. The Kier molecular flexibility index (Phi) is 50.6. The lowest BCUT2D eigenvalue weighted by Crippen LogP contribution is -2.51. The van der Waals surface area contributed by atoms with Gasteiger partial charge in [-0.15, -0.1) is 0 Å². The quantitative estimate of drug-likeness (QED) is 0.0314. The van der Waals surface area contributed by atoms with E-state index < -0.39 is 32.7 Å². The maximum atomic E-state index is 13.0. The van der Waals surface area contributed by atoms with Gasteiger partial charge in [-0.3, -0.25) is 9.36 Å². The Hall–Kier alpha value is -0.540. The van der Waals surface area contributed by atoms with Crippen LogP contribution in [0.2, 0.25) is 0 Å². The molecule has 69 heavy (non-hydrogen) atoms. The third-order valence-corrected chi connectivity index (χ3v) is 15.4. The van der Waals surface area contributed by atoms with Gasteiger partial charge in [-0.05, 0) is 12.8 Å². The van der Waals surface area contributed by atoms with Crippen molar-refractivity contribution in [3.63, 3.8) is 0 Å². The minimum absolute atomic E-state index is 0.0365. The molecule has 0 saturated heterocycles. The number of hydrogen-bond acceptors (Lipinski definition) is 7. The molecule has 0 radical (unpaired) electrons. The normalized spacial score (nSPS) is 14.3. The van der Waals surface area contributed by atoms with Crippen molar-refractivity contribution in [2.45, 2.75) is 334 Å². The molecule has 9 nitrogen and oxygen atoms in total. The molecule has 0 saturated carbocycles. The number of likely N-dealkylation sites (N-methyl/N-ethyl adjacent to an activating group) is 1. The summed E-state index contributed by atoms with van der Waals surface area (Å²) in [6.45, 7) is 4.48. The number of aliphatic hydroxyl groups is 2. The molecule has 0 aromatic heterocycles. The highest BCUT2D eigenvalue weighted by Crippen LogP contribution is 2.38. The van der Waals surface area contributed by atoms with Crippen molar-refractivity contribution in [2.75, 3.05) is 40.9 Å². The van der Waals surface area contributed by atoms with Crippen molar-refractivity contribution >= 4 is 13.7 Å². The van der Waals surface area contributed by atoms with Gasteiger partial charge in [0.25, 0.3) is 7.82 Å². The molecule has 3 N–H and O–H groups in total. The molecule has 0 aliphatic carbocycles. The molecule has 0 bridgehead atoms. The lowest BCUT2D eigenvalue weighted by Gasteiger charge is -2.31. The van der Waals surface area contributed by atoms with Gasteiger partial charge < -0.3 is 34.0 Å². The molecule has 0 fully saturated rings. The monoisotopic (exact) mass is 1000 g/mol. The van der Waals surface area contributed by atoms with Gasteiger partial charge in [0.05, 0.1) is 39.9 Å². The number of aliphatic hydroxyl groups excluding tert-OH is 2. The Morgan fingerprint density at radius 1 is 0.464 bits per heavy atom. The van der Waals surface area contributed by atoms with E-state index in [2.05, 4.69) is 19.2 Å². The smallest absolute Gasteiger partial charge is 0.268 e. The maximum Gasteiger partial charge on any atom is 0.268 e. The molecule has 10 heteroatoms. The fourth-order valence-corrected chi connectivity index (χ4v) is 10.3. The first-order chi connectivity index (χ1) is 33.4. The first-order valence-corrected chi connectivity index (χ1v) is 31.9. The summed E-state index contributed by atoms with van der Waals surface area (Å²) in [5, 5.41) is 24.8. The maximum absolute atomic E-state index is 13.0. The number of amides is 1. The van der Waals surface area contributed by atoms with Crippen LogP contribution in [0, 0.1) is 0 Å². The van der Waals surface area contributed by atoms with Crippen LogP contribution < -0.4 is 10.2 Å². The van der Waals surface area contributed by atoms with Crippen LogP contribution in [0.1, 0.15) is 316 Å². The predicted molar refractivity (Wildman–Crippen MR) is 295 cm³/mol. The van der Waals surface area contributed by atoms with Crippen LogP contribution in [-0.2, 0) is 18.4 Å². The summed E-state index contributed by atoms with van der Waals surface area (Å²) in [6.07, 6.45) is 57.6. The number of quaternary nitrogens is 1. The minimum atomic E-state index is -4.67. The summed E-state index contributed by atoms with van der Waals surface area (Å²) in [5.74, 6) is -0.271. The zero-order valence-electron chi connectivity index (χ0n) is 46.9. The van der Waals surface area contributed by atoms with Crippen LogP contribution in [0.5, 0.6) is 0 Å². The number of unbranched alkanes of at least 4 members (excludes halogenated alkanes) is 43. The van der Waals surface area contributed by atoms with E-state index in [1.807, 2.05) is 21.1 Å². The summed E-state index contributed by atoms with van der Waals surface area (Å²) >= 11 is 0. The first kappa shape index (κ1) is 68.5. The van der Waals surface area contributed by atoms with Gasteiger partial charge in [0.2, 0.25) is 5.91 Å². The molecule has 0 aromatic rings. The number of phosphoric acid groups is 1. The molecule has 4 unspecified atom stereocenters. The fraction of sp³-hybridized carbons (Fsp3) is 0.983. The Morgan fingerprint density at radius 3 is 1.03 bits per heavy atom. The second kappa shape index (κ2) is 51.0. The number of nitrogens with zero attached hydrogens (tertiary/aromatic N) is 1. The molecular formula is C59H121N2O7P. The van der Waals surface area contributed by atoms with Crippen LogP contribution >= 0.6 is 7.82 Å².